The van der Waals surface area contributed by atoms with Crippen molar-refractivity contribution < 1.29 is 17.6 Å². The lowest BCUT2D eigenvalue weighted by Crippen LogP contribution is -2.59. The second kappa shape index (κ2) is 6.48. The molecule has 0 atom stereocenters. The first-order valence-corrected chi connectivity index (χ1v) is 11.8. The van der Waals surface area contributed by atoms with E-state index in [0.29, 0.717) is 5.76 Å². The number of carbonyl (C=O) groups excluding carboxylic acids is 1. The Hall–Kier alpha value is -2.08. The van der Waals surface area contributed by atoms with E-state index in [1.807, 2.05) is 0 Å². The van der Waals surface area contributed by atoms with Crippen molar-refractivity contribution in [1.82, 2.24) is 5.32 Å². The van der Waals surface area contributed by atoms with E-state index in [0.717, 1.165) is 37.0 Å². The van der Waals surface area contributed by atoms with Gasteiger partial charge in [0, 0.05) is 5.54 Å². The Balaban J connectivity index is 1.29. The molecule has 1 N–H and O–H groups in total. The molecule has 28 heavy (non-hydrogen) atoms. The van der Waals surface area contributed by atoms with Crippen molar-refractivity contribution in [2.24, 2.45) is 17.8 Å². The van der Waals surface area contributed by atoms with E-state index in [2.05, 4.69) is 5.32 Å². The largest absolute Gasteiger partial charge is 0.455 e. The second-order valence-corrected chi connectivity index (χ2v) is 11.0. The summed E-state index contributed by atoms with van der Waals surface area (Å²) in [6.07, 6.45) is 7.16. The third-order valence-electron chi connectivity index (χ3n) is 6.74. The molecule has 4 aliphatic rings. The molecule has 4 aliphatic carbocycles. The predicted octanol–water partition coefficient (Wildman–Crippen LogP) is 3.95. The summed E-state index contributed by atoms with van der Waals surface area (Å²) in [5.41, 5.74) is -0.0884. The number of hydrogen-bond donors (Lipinski definition) is 1. The molecular weight excluding hydrogens is 374 g/mol. The highest BCUT2D eigenvalue weighted by Crippen LogP contribution is 2.55. The third kappa shape index (κ3) is 3.28. The van der Waals surface area contributed by atoms with Crippen LogP contribution in [0.1, 0.15) is 54.8 Å². The minimum absolute atomic E-state index is 0.0884. The van der Waals surface area contributed by atoms with Crippen molar-refractivity contribution in [3.05, 3.63) is 54.0 Å². The minimum atomic E-state index is -3.49. The van der Waals surface area contributed by atoms with Crippen LogP contribution >= 0.6 is 0 Å². The summed E-state index contributed by atoms with van der Waals surface area (Å²) in [5, 5.41) is 3.27. The number of hydrogen-bond acceptors (Lipinski definition) is 4. The summed E-state index contributed by atoms with van der Waals surface area (Å²) in [5.74, 6) is 2.26. The maximum Gasteiger partial charge on any atom is 0.287 e. The summed E-state index contributed by atoms with van der Waals surface area (Å²) in [6, 6.07) is 11.5. The Morgan fingerprint density at radius 3 is 2.18 bits per heavy atom. The fourth-order valence-electron chi connectivity index (χ4n) is 6.04. The van der Waals surface area contributed by atoms with Gasteiger partial charge in [0.2, 0.25) is 0 Å². The lowest BCUT2D eigenvalue weighted by atomic mass is 9.53. The number of nitrogens with one attached hydrogen (secondary N) is 1. The number of carbonyl (C=O) groups is 1. The molecule has 1 aromatic heterocycles. The molecule has 4 bridgehead atoms. The highest BCUT2D eigenvalue weighted by atomic mass is 32.2. The molecule has 6 rings (SSSR count). The van der Waals surface area contributed by atoms with Crippen LogP contribution < -0.4 is 5.32 Å². The van der Waals surface area contributed by atoms with Crippen LogP contribution in [0.3, 0.4) is 0 Å². The van der Waals surface area contributed by atoms with Gasteiger partial charge in [-0.25, -0.2) is 8.42 Å². The van der Waals surface area contributed by atoms with E-state index in [9.17, 15) is 13.2 Å². The van der Waals surface area contributed by atoms with Crippen LogP contribution in [0.5, 0.6) is 0 Å². The first-order valence-electron chi connectivity index (χ1n) is 10.1. The van der Waals surface area contributed by atoms with Gasteiger partial charge in [-0.1, -0.05) is 18.2 Å². The van der Waals surface area contributed by atoms with Gasteiger partial charge in [0.15, 0.2) is 15.6 Å². The van der Waals surface area contributed by atoms with Crippen LogP contribution in [0.25, 0.3) is 0 Å². The highest BCUT2D eigenvalue weighted by Gasteiger charge is 2.51. The number of amides is 1. The first kappa shape index (κ1) is 18.0. The smallest absolute Gasteiger partial charge is 0.287 e. The molecule has 4 fully saturated rings. The molecule has 1 heterocycles. The lowest BCUT2D eigenvalue weighted by Gasteiger charge is -2.56. The van der Waals surface area contributed by atoms with Gasteiger partial charge in [-0.05, 0) is 80.5 Å². The van der Waals surface area contributed by atoms with Crippen molar-refractivity contribution in [2.45, 2.75) is 54.7 Å². The molecule has 2 aromatic rings. The maximum absolute atomic E-state index is 12.8. The zero-order valence-corrected chi connectivity index (χ0v) is 16.6. The van der Waals surface area contributed by atoms with Crippen molar-refractivity contribution in [1.29, 1.82) is 0 Å². The number of rotatable bonds is 5. The van der Waals surface area contributed by atoms with Crippen LogP contribution in [0.15, 0.2) is 51.8 Å². The quantitative estimate of drug-likeness (QED) is 0.826. The summed E-state index contributed by atoms with van der Waals surface area (Å²) in [7, 11) is -3.49. The number of sulfone groups is 1. The molecule has 0 unspecified atom stereocenters. The summed E-state index contributed by atoms with van der Waals surface area (Å²) < 4.78 is 30.7. The molecule has 0 radical (unpaired) electrons. The molecule has 0 spiro atoms. The monoisotopic (exact) mass is 399 g/mol. The third-order valence-corrected chi connectivity index (χ3v) is 8.39. The van der Waals surface area contributed by atoms with Crippen LogP contribution in [-0.4, -0.2) is 19.9 Å². The zero-order valence-electron chi connectivity index (χ0n) is 15.8. The van der Waals surface area contributed by atoms with Gasteiger partial charge >= 0.3 is 0 Å². The molecule has 148 valence electrons. The van der Waals surface area contributed by atoms with Gasteiger partial charge in [0.05, 0.1) is 4.90 Å². The minimum Gasteiger partial charge on any atom is -0.455 e. The van der Waals surface area contributed by atoms with Gasteiger partial charge in [-0.2, -0.15) is 0 Å². The number of benzene rings is 1. The standard InChI is InChI=1S/C22H25NO4S/c24-21(23-22-11-15-8-16(12-22)10-17(9-15)13-22)20-7-6-18(27-20)14-28(25,26)19-4-2-1-3-5-19/h1-7,15-17H,8-14H2,(H,23,24). The van der Waals surface area contributed by atoms with E-state index in [1.165, 1.54) is 19.3 Å². The van der Waals surface area contributed by atoms with Crippen molar-refractivity contribution in [2.75, 3.05) is 0 Å². The van der Waals surface area contributed by atoms with Crippen LogP contribution in [-0.2, 0) is 15.6 Å². The lowest BCUT2D eigenvalue weighted by molar-refractivity contribution is -0.0171. The highest BCUT2D eigenvalue weighted by molar-refractivity contribution is 7.90. The molecular formula is C22H25NO4S. The van der Waals surface area contributed by atoms with E-state index < -0.39 is 9.84 Å². The molecule has 0 saturated heterocycles. The van der Waals surface area contributed by atoms with E-state index in [4.69, 9.17) is 4.42 Å². The Morgan fingerprint density at radius 2 is 1.57 bits per heavy atom. The van der Waals surface area contributed by atoms with E-state index in [1.54, 1.807) is 42.5 Å². The van der Waals surface area contributed by atoms with E-state index >= 15 is 0 Å². The maximum atomic E-state index is 12.8. The normalized spacial score (nSPS) is 31.1. The van der Waals surface area contributed by atoms with Gasteiger partial charge in [0.1, 0.15) is 11.5 Å². The average Bonchev–Trinajstić information content (AvgIpc) is 3.09. The van der Waals surface area contributed by atoms with Gasteiger partial charge in [0.25, 0.3) is 5.91 Å². The molecule has 1 amide bonds. The predicted molar refractivity (Wildman–Crippen MR) is 104 cm³/mol. The van der Waals surface area contributed by atoms with Crippen molar-refractivity contribution >= 4 is 15.7 Å². The van der Waals surface area contributed by atoms with Gasteiger partial charge in [-0.15, -0.1) is 0 Å². The van der Waals surface area contributed by atoms with Crippen molar-refractivity contribution in [3.8, 4) is 0 Å². The average molecular weight is 400 g/mol. The van der Waals surface area contributed by atoms with E-state index in [-0.39, 0.29) is 27.9 Å². The van der Waals surface area contributed by atoms with Gasteiger partial charge in [-0.3, -0.25) is 4.79 Å². The van der Waals surface area contributed by atoms with Crippen LogP contribution in [0.4, 0.5) is 0 Å². The summed E-state index contributed by atoms with van der Waals surface area (Å²) in [4.78, 5) is 13.1. The van der Waals surface area contributed by atoms with Crippen molar-refractivity contribution in [3.63, 3.8) is 0 Å². The second-order valence-electron chi connectivity index (χ2n) is 8.99. The van der Waals surface area contributed by atoms with Crippen LogP contribution in [0.2, 0.25) is 0 Å². The van der Waals surface area contributed by atoms with Gasteiger partial charge < -0.3 is 9.73 Å². The Kier molecular flexibility index (Phi) is 4.16. The fraction of sp³-hybridized carbons (Fsp3) is 0.500. The Bertz CT molecular complexity index is 957. The Morgan fingerprint density at radius 1 is 0.964 bits per heavy atom. The molecule has 6 heteroatoms. The summed E-state index contributed by atoms with van der Waals surface area (Å²) >= 11 is 0. The fourth-order valence-corrected chi connectivity index (χ4v) is 7.31. The number of furan rings is 1. The molecule has 0 aliphatic heterocycles. The zero-order chi connectivity index (χ0) is 19.4. The van der Waals surface area contributed by atoms with Crippen LogP contribution in [0, 0.1) is 17.8 Å². The Labute approximate surface area is 165 Å². The molecule has 4 saturated carbocycles. The SMILES string of the molecule is O=C(NC12CC3CC(CC(C3)C1)C2)c1ccc(CS(=O)(=O)c2ccccc2)o1. The first-order chi connectivity index (χ1) is 13.4. The molecule has 5 nitrogen and oxygen atoms in total. The topological polar surface area (TPSA) is 76.4 Å². The molecule has 1 aromatic carbocycles. The summed E-state index contributed by atoms with van der Waals surface area (Å²) in [6.45, 7) is 0.